The fourth-order valence-corrected chi connectivity index (χ4v) is 2.70. The number of amides is 1. The van der Waals surface area contributed by atoms with Crippen molar-refractivity contribution in [2.75, 3.05) is 10.6 Å². The van der Waals surface area contributed by atoms with E-state index in [9.17, 15) is 9.18 Å². The Balaban J connectivity index is 1.67. The molecule has 132 valence electrons. The van der Waals surface area contributed by atoms with Crippen molar-refractivity contribution >= 4 is 40.5 Å². The van der Waals surface area contributed by atoms with E-state index in [-0.39, 0.29) is 17.4 Å². The summed E-state index contributed by atoms with van der Waals surface area (Å²) < 4.78 is 12.9. The Morgan fingerprint density at radius 1 is 1.04 bits per heavy atom. The van der Waals surface area contributed by atoms with Crippen molar-refractivity contribution in [3.63, 3.8) is 0 Å². The Morgan fingerprint density at radius 3 is 2.54 bits per heavy atom. The standard InChI is InChI=1S/C19H14Cl2FN3O/c20-13-3-6-17(16(21)9-13)25-19(26)18-10-15(7-8-23-18)24-11-12-1-4-14(22)5-2-12/h1-10H,11H2,(H,23,24)(H,25,26). The highest BCUT2D eigenvalue weighted by Crippen LogP contribution is 2.25. The summed E-state index contributed by atoms with van der Waals surface area (Å²) >= 11 is 11.9. The Hall–Kier alpha value is -2.63. The summed E-state index contributed by atoms with van der Waals surface area (Å²) in [4.78, 5) is 16.5. The number of pyridine rings is 1. The van der Waals surface area contributed by atoms with Crippen LogP contribution in [0.25, 0.3) is 0 Å². The molecule has 26 heavy (non-hydrogen) atoms. The molecular weight excluding hydrogens is 376 g/mol. The number of benzene rings is 2. The smallest absolute Gasteiger partial charge is 0.274 e. The van der Waals surface area contributed by atoms with Crippen LogP contribution in [0.15, 0.2) is 60.8 Å². The van der Waals surface area contributed by atoms with E-state index in [0.29, 0.717) is 22.3 Å². The van der Waals surface area contributed by atoms with Crippen molar-refractivity contribution in [1.29, 1.82) is 0 Å². The zero-order valence-electron chi connectivity index (χ0n) is 13.5. The third-order valence-electron chi connectivity index (χ3n) is 3.58. The number of anilines is 2. The molecule has 0 atom stereocenters. The molecule has 2 aromatic carbocycles. The van der Waals surface area contributed by atoms with Gasteiger partial charge in [-0.25, -0.2) is 4.39 Å². The van der Waals surface area contributed by atoms with Gasteiger partial charge in [0.2, 0.25) is 0 Å². The van der Waals surface area contributed by atoms with Gasteiger partial charge in [-0.1, -0.05) is 35.3 Å². The van der Waals surface area contributed by atoms with Gasteiger partial charge in [0, 0.05) is 23.5 Å². The second-order valence-corrected chi connectivity index (χ2v) is 6.33. The van der Waals surface area contributed by atoms with E-state index >= 15 is 0 Å². The van der Waals surface area contributed by atoms with Gasteiger partial charge >= 0.3 is 0 Å². The molecule has 0 aliphatic carbocycles. The van der Waals surface area contributed by atoms with Crippen LogP contribution in [0, 0.1) is 5.82 Å². The number of hydrogen-bond acceptors (Lipinski definition) is 3. The van der Waals surface area contributed by atoms with Crippen molar-refractivity contribution in [2.24, 2.45) is 0 Å². The summed E-state index contributed by atoms with van der Waals surface area (Å²) in [6.07, 6.45) is 1.53. The molecule has 0 radical (unpaired) electrons. The largest absolute Gasteiger partial charge is 0.381 e. The highest BCUT2D eigenvalue weighted by Gasteiger charge is 2.11. The lowest BCUT2D eigenvalue weighted by atomic mass is 10.2. The number of aromatic nitrogens is 1. The average Bonchev–Trinajstić information content (AvgIpc) is 2.64. The normalized spacial score (nSPS) is 10.4. The molecule has 4 nitrogen and oxygen atoms in total. The number of carbonyl (C=O) groups is 1. The lowest BCUT2D eigenvalue weighted by Crippen LogP contribution is -2.14. The number of nitrogens with zero attached hydrogens (tertiary/aromatic N) is 1. The Labute approximate surface area is 160 Å². The summed E-state index contributed by atoms with van der Waals surface area (Å²) in [6, 6.07) is 14.4. The van der Waals surface area contributed by atoms with Crippen LogP contribution in [-0.2, 0) is 6.54 Å². The molecule has 0 unspecified atom stereocenters. The van der Waals surface area contributed by atoms with Gasteiger partial charge in [-0.05, 0) is 48.0 Å². The van der Waals surface area contributed by atoms with E-state index in [1.807, 2.05) is 0 Å². The van der Waals surface area contributed by atoms with Crippen molar-refractivity contribution in [3.05, 3.63) is 87.9 Å². The first-order chi connectivity index (χ1) is 12.5. The van der Waals surface area contributed by atoms with Gasteiger partial charge in [0.15, 0.2) is 0 Å². The minimum Gasteiger partial charge on any atom is -0.381 e. The van der Waals surface area contributed by atoms with Crippen LogP contribution in [0.3, 0.4) is 0 Å². The molecule has 1 heterocycles. The molecule has 0 bridgehead atoms. The molecule has 0 saturated heterocycles. The predicted octanol–water partition coefficient (Wildman–Crippen LogP) is 5.39. The van der Waals surface area contributed by atoms with Gasteiger partial charge in [-0.2, -0.15) is 0 Å². The van der Waals surface area contributed by atoms with Crippen LogP contribution < -0.4 is 10.6 Å². The molecular formula is C19H14Cl2FN3O. The van der Waals surface area contributed by atoms with Crippen LogP contribution in [0.4, 0.5) is 15.8 Å². The van der Waals surface area contributed by atoms with Crippen LogP contribution in [-0.4, -0.2) is 10.9 Å². The van der Waals surface area contributed by atoms with Crippen molar-refractivity contribution in [1.82, 2.24) is 4.98 Å². The SMILES string of the molecule is O=C(Nc1ccc(Cl)cc1Cl)c1cc(NCc2ccc(F)cc2)ccn1. The molecule has 0 fully saturated rings. The summed E-state index contributed by atoms with van der Waals surface area (Å²) in [5, 5.41) is 6.70. The van der Waals surface area contributed by atoms with Crippen LogP contribution >= 0.6 is 23.2 Å². The predicted molar refractivity (Wildman–Crippen MR) is 102 cm³/mol. The molecule has 1 aromatic heterocycles. The number of nitrogens with one attached hydrogen (secondary N) is 2. The topological polar surface area (TPSA) is 54.0 Å². The van der Waals surface area contributed by atoms with E-state index in [2.05, 4.69) is 15.6 Å². The van der Waals surface area contributed by atoms with E-state index in [4.69, 9.17) is 23.2 Å². The number of carbonyl (C=O) groups excluding carboxylic acids is 1. The third-order valence-corrected chi connectivity index (χ3v) is 4.13. The second kappa shape index (κ2) is 8.17. The monoisotopic (exact) mass is 389 g/mol. The van der Waals surface area contributed by atoms with Gasteiger partial charge in [0.25, 0.3) is 5.91 Å². The van der Waals surface area contributed by atoms with E-state index < -0.39 is 0 Å². The summed E-state index contributed by atoms with van der Waals surface area (Å²) in [5.74, 6) is -0.669. The van der Waals surface area contributed by atoms with Gasteiger partial charge in [-0.3, -0.25) is 9.78 Å². The quantitative estimate of drug-likeness (QED) is 0.614. The molecule has 3 aromatic rings. The van der Waals surface area contributed by atoms with Crippen LogP contribution in [0.1, 0.15) is 16.1 Å². The molecule has 7 heteroatoms. The van der Waals surface area contributed by atoms with Gasteiger partial charge in [0.05, 0.1) is 10.7 Å². The Kier molecular flexibility index (Phi) is 5.71. The molecule has 0 aliphatic heterocycles. The lowest BCUT2D eigenvalue weighted by molar-refractivity contribution is 0.102. The number of rotatable bonds is 5. The molecule has 0 saturated carbocycles. The highest BCUT2D eigenvalue weighted by atomic mass is 35.5. The minimum absolute atomic E-state index is 0.236. The third kappa shape index (κ3) is 4.71. The van der Waals surface area contributed by atoms with E-state index in [1.165, 1.54) is 18.3 Å². The maximum Gasteiger partial charge on any atom is 0.274 e. The minimum atomic E-state index is -0.389. The molecule has 0 aliphatic rings. The van der Waals surface area contributed by atoms with E-state index in [1.54, 1.807) is 42.5 Å². The fourth-order valence-electron chi connectivity index (χ4n) is 2.25. The molecule has 2 N–H and O–H groups in total. The zero-order valence-corrected chi connectivity index (χ0v) is 15.0. The summed E-state index contributed by atoms with van der Waals surface area (Å²) in [6.45, 7) is 0.494. The van der Waals surface area contributed by atoms with E-state index in [0.717, 1.165) is 11.3 Å². The Morgan fingerprint density at radius 2 is 1.81 bits per heavy atom. The van der Waals surface area contributed by atoms with Crippen molar-refractivity contribution in [3.8, 4) is 0 Å². The average molecular weight is 390 g/mol. The zero-order chi connectivity index (χ0) is 18.5. The van der Waals surface area contributed by atoms with Gasteiger partial charge in [0.1, 0.15) is 11.5 Å². The lowest BCUT2D eigenvalue weighted by Gasteiger charge is -2.10. The number of halogens is 3. The van der Waals surface area contributed by atoms with Gasteiger partial charge < -0.3 is 10.6 Å². The molecule has 1 amide bonds. The maximum atomic E-state index is 12.9. The fraction of sp³-hybridized carbons (Fsp3) is 0.0526. The van der Waals surface area contributed by atoms with Crippen LogP contribution in [0.5, 0.6) is 0 Å². The first-order valence-corrected chi connectivity index (χ1v) is 8.47. The van der Waals surface area contributed by atoms with Crippen molar-refractivity contribution in [2.45, 2.75) is 6.54 Å². The maximum absolute atomic E-state index is 12.9. The number of hydrogen-bond donors (Lipinski definition) is 2. The summed E-state index contributed by atoms with van der Waals surface area (Å²) in [7, 11) is 0. The second-order valence-electron chi connectivity index (χ2n) is 5.49. The highest BCUT2D eigenvalue weighted by molar-refractivity contribution is 6.36. The molecule has 3 rings (SSSR count). The molecule has 0 spiro atoms. The van der Waals surface area contributed by atoms with Gasteiger partial charge in [-0.15, -0.1) is 0 Å². The first kappa shape index (κ1) is 18.2. The first-order valence-electron chi connectivity index (χ1n) is 7.72. The summed E-state index contributed by atoms with van der Waals surface area (Å²) in [5.41, 5.74) is 2.33. The van der Waals surface area contributed by atoms with Crippen molar-refractivity contribution < 1.29 is 9.18 Å². The van der Waals surface area contributed by atoms with Crippen LogP contribution in [0.2, 0.25) is 10.0 Å². The Bertz CT molecular complexity index is 932.